The first-order valence-electron chi connectivity index (χ1n) is 10.8. The van der Waals surface area contributed by atoms with Gasteiger partial charge in [-0.3, -0.25) is 4.72 Å². The normalized spacial score (nSPS) is 12.2. The molecule has 0 radical (unpaired) electrons. The number of hydrogen-bond acceptors (Lipinski definition) is 7. The Morgan fingerprint density at radius 3 is 2.40 bits per heavy atom. The number of rotatable bonds is 11. The van der Waals surface area contributed by atoms with Crippen LogP contribution in [0, 0.1) is 6.92 Å². The lowest BCUT2D eigenvalue weighted by molar-refractivity contribution is 0.0696. The fraction of sp³-hybridized carbons (Fsp3) is 0.240. The van der Waals surface area contributed by atoms with E-state index in [0.29, 0.717) is 24.5 Å². The number of carboxylic acid groups (broad SMARTS) is 1. The van der Waals surface area contributed by atoms with Gasteiger partial charge in [-0.05, 0) is 65.6 Å². The van der Waals surface area contributed by atoms with Crippen molar-refractivity contribution in [2.24, 2.45) is 0 Å². The zero-order valence-corrected chi connectivity index (χ0v) is 20.2. The van der Waals surface area contributed by atoms with Gasteiger partial charge in [0.25, 0.3) is 0 Å². The van der Waals surface area contributed by atoms with E-state index in [9.17, 15) is 23.4 Å². The first-order chi connectivity index (χ1) is 16.5. The third-order valence-electron chi connectivity index (χ3n) is 5.22. The smallest absolute Gasteiger partial charge is 0.335 e. The van der Waals surface area contributed by atoms with E-state index in [1.54, 1.807) is 18.2 Å². The summed E-state index contributed by atoms with van der Waals surface area (Å²) in [4.78, 5) is 11.1. The average molecular weight is 501 g/mol. The lowest BCUT2D eigenvalue weighted by Crippen LogP contribution is -2.26. The van der Waals surface area contributed by atoms with Gasteiger partial charge >= 0.3 is 5.97 Å². The van der Waals surface area contributed by atoms with Crippen molar-refractivity contribution in [1.29, 1.82) is 0 Å². The first-order valence-corrected chi connectivity index (χ1v) is 12.7. The molecular formula is C25H28N2O7S. The number of aliphatic hydroxyl groups excluding tert-OH is 1. The van der Waals surface area contributed by atoms with Crippen molar-refractivity contribution in [3.63, 3.8) is 0 Å². The summed E-state index contributed by atoms with van der Waals surface area (Å²) in [5.41, 5.74) is 3.47. The maximum absolute atomic E-state index is 11.4. The molecule has 0 spiro atoms. The predicted octanol–water partition coefficient (Wildman–Crippen LogP) is 3.14. The minimum atomic E-state index is -3.56. The zero-order valence-electron chi connectivity index (χ0n) is 19.4. The van der Waals surface area contributed by atoms with E-state index in [1.165, 1.54) is 18.2 Å². The summed E-state index contributed by atoms with van der Waals surface area (Å²) in [6, 6.07) is 16.7. The third-order valence-corrected chi connectivity index (χ3v) is 5.82. The van der Waals surface area contributed by atoms with Gasteiger partial charge < -0.3 is 25.4 Å². The number of hydrogen-bond donors (Lipinski definition) is 5. The van der Waals surface area contributed by atoms with Gasteiger partial charge in [0.05, 0.1) is 23.6 Å². The van der Waals surface area contributed by atoms with Gasteiger partial charge in [-0.25, -0.2) is 13.2 Å². The second-order valence-corrected chi connectivity index (χ2v) is 9.83. The van der Waals surface area contributed by atoms with Crippen LogP contribution in [0.3, 0.4) is 0 Å². The van der Waals surface area contributed by atoms with Crippen LogP contribution in [-0.2, 0) is 10.0 Å². The van der Waals surface area contributed by atoms with Crippen LogP contribution in [0.25, 0.3) is 11.1 Å². The molecule has 3 aromatic carbocycles. The Hall–Kier alpha value is -3.60. The van der Waals surface area contributed by atoms with Gasteiger partial charge in [-0.15, -0.1) is 0 Å². The van der Waals surface area contributed by atoms with Gasteiger partial charge in [-0.2, -0.15) is 0 Å². The molecule has 1 atom stereocenters. The third kappa shape index (κ3) is 7.44. The molecule has 0 aromatic heterocycles. The Morgan fingerprint density at radius 1 is 1.06 bits per heavy atom. The van der Waals surface area contributed by atoms with E-state index in [1.807, 2.05) is 31.2 Å². The van der Waals surface area contributed by atoms with Crippen molar-refractivity contribution in [1.82, 2.24) is 5.32 Å². The molecule has 0 saturated heterocycles. The van der Waals surface area contributed by atoms with Gasteiger partial charge in [0, 0.05) is 13.1 Å². The van der Waals surface area contributed by atoms with Crippen LogP contribution in [-0.4, -0.2) is 55.7 Å². The average Bonchev–Trinajstić information content (AvgIpc) is 2.79. The molecule has 5 N–H and O–H groups in total. The van der Waals surface area contributed by atoms with Crippen LogP contribution in [0.1, 0.15) is 27.6 Å². The SMILES string of the molecule is Cc1cc(C(=O)O)ccc1-c1ccc(OCCNCC(O)c2ccc(O)c(NS(C)(=O)=O)c2)cc1. The number of carboxylic acids is 1. The second-order valence-electron chi connectivity index (χ2n) is 8.08. The number of phenolic OH excluding ortho intramolecular Hbond substituents is 1. The van der Waals surface area contributed by atoms with E-state index in [4.69, 9.17) is 9.84 Å². The molecule has 3 rings (SSSR count). The molecule has 35 heavy (non-hydrogen) atoms. The summed E-state index contributed by atoms with van der Waals surface area (Å²) >= 11 is 0. The Labute approximate surface area is 204 Å². The maximum Gasteiger partial charge on any atom is 0.335 e. The lowest BCUT2D eigenvalue weighted by Gasteiger charge is -2.15. The number of sulfonamides is 1. The van der Waals surface area contributed by atoms with Crippen molar-refractivity contribution >= 4 is 21.7 Å². The van der Waals surface area contributed by atoms with E-state index in [2.05, 4.69) is 10.0 Å². The van der Waals surface area contributed by atoms with Crippen LogP contribution < -0.4 is 14.8 Å². The molecule has 0 heterocycles. The minimum absolute atomic E-state index is 0.00357. The molecule has 0 aliphatic heterocycles. The largest absolute Gasteiger partial charge is 0.506 e. The number of aromatic carboxylic acids is 1. The summed E-state index contributed by atoms with van der Waals surface area (Å²) in [6.07, 6.45) is 0.0650. The van der Waals surface area contributed by atoms with Gasteiger partial charge in [-0.1, -0.05) is 24.3 Å². The zero-order chi connectivity index (χ0) is 25.6. The monoisotopic (exact) mass is 500 g/mol. The van der Waals surface area contributed by atoms with E-state index in [-0.39, 0.29) is 23.5 Å². The molecule has 0 saturated carbocycles. The highest BCUT2D eigenvalue weighted by Gasteiger charge is 2.13. The molecule has 9 nitrogen and oxygen atoms in total. The molecule has 1 unspecified atom stereocenters. The highest BCUT2D eigenvalue weighted by Crippen LogP contribution is 2.28. The van der Waals surface area contributed by atoms with E-state index in [0.717, 1.165) is 22.9 Å². The van der Waals surface area contributed by atoms with Gasteiger partial charge in [0.1, 0.15) is 18.1 Å². The van der Waals surface area contributed by atoms with E-state index < -0.39 is 22.1 Å². The molecule has 3 aromatic rings. The first kappa shape index (κ1) is 26.0. The number of aryl methyl sites for hydroxylation is 1. The van der Waals surface area contributed by atoms with Crippen LogP contribution >= 0.6 is 0 Å². The fourth-order valence-corrected chi connectivity index (χ4v) is 4.05. The molecule has 0 amide bonds. The standard InChI is InChI=1S/C25H28N2O7S/c1-16-13-19(25(30)31)5-9-21(16)17-3-7-20(8-4-17)34-12-11-26-15-24(29)18-6-10-23(28)22(14-18)27-35(2,32)33/h3-10,13-14,24,26-29H,11-12,15H2,1-2H3,(H,30,31). The summed E-state index contributed by atoms with van der Waals surface area (Å²) in [5, 5.41) is 32.3. The number of benzene rings is 3. The highest BCUT2D eigenvalue weighted by molar-refractivity contribution is 7.92. The van der Waals surface area contributed by atoms with E-state index >= 15 is 0 Å². The number of ether oxygens (including phenoxy) is 1. The molecule has 10 heteroatoms. The molecular weight excluding hydrogens is 472 g/mol. The summed E-state index contributed by atoms with van der Waals surface area (Å²) in [6.45, 7) is 2.89. The van der Waals surface area contributed by atoms with Crippen LogP contribution in [0.2, 0.25) is 0 Å². The van der Waals surface area contributed by atoms with Crippen LogP contribution in [0.4, 0.5) is 5.69 Å². The van der Waals surface area contributed by atoms with Crippen LogP contribution in [0.15, 0.2) is 60.7 Å². The highest BCUT2D eigenvalue weighted by atomic mass is 32.2. The Kier molecular flexibility index (Phi) is 8.34. The molecule has 0 aliphatic rings. The summed E-state index contributed by atoms with van der Waals surface area (Å²) in [7, 11) is -3.56. The number of anilines is 1. The van der Waals surface area contributed by atoms with Crippen molar-refractivity contribution in [2.75, 3.05) is 30.7 Å². The number of phenols is 1. The predicted molar refractivity (Wildman–Crippen MR) is 133 cm³/mol. The Balaban J connectivity index is 1.48. The fourth-order valence-electron chi connectivity index (χ4n) is 3.49. The number of nitrogens with one attached hydrogen (secondary N) is 2. The van der Waals surface area contributed by atoms with Crippen molar-refractivity contribution in [2.45, 2.75) is 13.0 Å². The molecule has 186 valence electrons. The van der Waals surface area contributed by atoms with Crippen molar-refractivity contribution in [3.8, 4) is 22.6 Å². The summed E-state index contributed by atoms with van der Waals surface area (Å²) in [5.74, 6) is -0.515. The Bertz CT molecular complexity index is 1290. The number of carbonyl (C=O) groups is 1. The molecule has 0 fully saturated rings. The van der Waals surface area contributed by atoms with Crippen LogP contribution in [0.5, 0.6) is 11.5 Å². The van der Waals surface area contributed by atoms with Gasteiger partial charge in [0.15, 0.2) is 0 Å². The molecule has 0 aliphatic carbocycles. The minimum Gasteiger partial charge on any atom is -0.506 e. The second kappa shape index (κ2) is 11.2. The lowest BCUT2D eigenvalue weighted by atomic mass is 9.98. The number of aromatic hydroxyl groups is 1. The topological polar surface area (TPSA) is 145 Å². The molecule has 0 bridgehead atoms. The van der Waals surface area contributed by atoms with Crippen molar-refractivity contribution in [3.05, 3.63) is 77.4 Å². The van der Waals surface area contributed by atoms with Gasteiger partial charge in [0.2, 0.25) is 10.0 Å². The number of aliphatic hydroxyl groups is 1. The quantitative estimate of drug-likeness (QED) is 0.199. The Morgan fingerprint density at radius 2 is 1.77 bits per heavy atom. The summed E-state index contributed by atoms with van der Waals surface area (Å²) < 4.78 is 30.7. The van der Waals surface area contributed by atoms with Crippen molar-refractivity contribution < 1.29 is 33.3 Å². The maximum atomic E-state index is 11.4.